The number of rotatable bonds is 2. The van der Waals surface area contributed by atoms with Gasteiger partial charge in [-0.05, 0) is 12.1 Å². The molecule has 1 heterocycles. The molecule has 0 aliphatic carbocycles. The van der Waals surface area contributed by atoms with Crippen LogP contribution in [0.15, 0.2) is 30.3 Å². The van der Waals surface area contributed by atoms with E-state index in [2.05, 4.69) is 5.43 Å². The van der Waals surface area contributed by atoms with Crippen molar-refractivity contribution in [2.45, 2.75) is 0 Å². The lowest BCUT2D eigenvalue weighted by Crippen LogP contribution is -2.46. The van der Waals surface area contributed by atoms with Crippen LogP contribution in [0, 0.1) is 0 Å². The van der Waals surface area contributed by atoms with Gasteiger partial charge in [-0.15, -0.1) is 0 Å². The molecule has 0 aromatic heterocycles. The van der Waals surface area contributed by atoms with E-state index in [1.165, 1.54) is 0 Å². The van der Waals surface area contributed by atoms with Crippen molar-refractivity contribution in [3.8, 4) is 0 Å². The van der Waals surface area contributed by atoms with E-state index in [0.717, 1.165) is 30.2 Å². The first-order valence-corrected chi connectivity index (χ1v) is 6.20. The molecule has 4 heteroatoms. The summed E-state index contributed by atoms with van der Waals surface area (Å²) in [4.78, 5) is 11.8. The molecule has 0 atom stereocenters. The molecule has 1 aromatic rings. The van der Waals surface area contributed by atoms with E-state index in [1.54, 1.807) is 0 Å². The summed E-state index contributed by atoms with van der Waals surface area (Å²) in [7, 11) is 0. The fourth-order valence-corrected chi connectivity index (χ4v) is 2.38. The molecule has 1 fully saturated rings. The Balaban J connectivity index is 1.91. The van der Waals surface area contributed by atoms with E-state index in [1.807, 2.05) is 47.1 Å². The maximum atomic E-state index is 11.8. The van der Waals surface area contributed by atoms with Crippen molar-refractivity contribution < 1.29 is 4.79 Å². The van der Waals surface area contributed by atoms with Crippen LogP contribution in [-0.4, -0.2) is 35.5 Å². The number of hydrogen-bond donors (Lipinski definition) is 1. The van der Waals surface area contributed by atoms with Gasteiger partial charge in [-0.25, -0.2) is 5.01 Å². The van der Waals surface area contributed by atoms with E-state index >= 15 is 0 Å². The molecule has 1 amide bonds. The second kappa shape index (κ2) is 5.19. The Bertz CT molecular complexity index is 323. The van der Waals surface area contributed by atoms with Crippen LogP contribution < -0.4 is 5.43 Å². The van der Waals surface area contributed by atoms with Crippen molar-refractivity contribution in [1.82, 2.24) is 10.4 Å². The highest BCUT2D eigenvalue weighted by molar-refractivity contribution is 7.99. The predicted octanol–water partition coefficient (Wildman–Crippen LogP) is 1.38. The molecule has 0 saturated carbocycles. The number of nitrogens with one attached hydrogen (secondary N) is 1. The van der Waals surface area contributed by atoms with E-state index in [-0.39, 0.29) is 5.91 Å². The minimum absolute atomic E-state index is 0.0116. The Kier molecular flexibility index (Phi) is 3.64. The van der Waals surface area contributed by atoms with Gasteiger partial charge in [0.15, 0.2) is 0 Å². The van der Waals surface area contributed by atoms with Crippen molar-refractivity contribution in [3.63, 3.8) is 0 Å². The monoisotopic (exact) mass is 222 g/mol. The highest BCUT2D eigenvalue weighted by atomic mass is 32.2. The van der Waals surface area contributed by atoms with Crippen molar-refractivity contribution >= 4 is 17.7 Å². The summed E-state index contributed by atoms with van der Waals surface area (Å²) in [6.07, 6.45) is 0. The number of amides is 1. The second-order valence-electron chi connectivity index (χ2n) is 3.41. The van der Waals surface area contributed by atoms with Gasteiger partial charge in [0.2, 0.25) is 0 Å². The lowest BCUT2D eigenvalue weighted by atomic mass is 10.2. The minimum Gasteiger partial charge on any atom is -0.285 e. The standard InChI is InChI=1S/C11H14N2OS/c14-11(10-4-2-1-3-5-10)12-13-6-8-15-9-7-13/h1-5H,6-9H2,(H,12,14). The van der Waals surface area contributed by atoms with Crippen LogP contribution in [0.3, 0.4) is 0 Å². The summed E-state index contributed by atoms with van der Waals surface area (Å²) in [6.45, 7) is 1.87. The molecule has 0 spiro atoms. The molecular weight excluding hydrogens is 208 g/mol. The zero-order valence-corrected chi connectivity index (χ0v) is 9.30. The number of thioether (sulfide) groups is 1. The van der Waals surface area contributed by atoms with Crippen LogP contribution in [0.4, 0.5) is 0 Å². The third-order valence-electron chi connectivity index (χ3n) is 2.31. The van der Waals surface area contributed by atoms with Crippen LogP contribution in [0.25, 0.3) is 0 Å². The Morgan fingerprint density at radius 1 is 1.20 bits per heavy atom. The maximum absolute atomic E-state index is 11.8. The van der Waals surface area contributed by atoms with Crippen molar-refractivity contribution in [2.75, 3.05) is 24.6 Å². The largest absolute Gasteiger partial charge is 0.285 e. The van der Waals surface area contributed by atoms with Crippen LogP contribution in [0.2, 0.25) is 0 Å². The summed E-state index contributed by atoms with van der Waals surface area (Å²) in [5, 5.41) is 1.99. The highest BCUT2D eigenvalue weighted by Crippen LogP contribution is 2.07. The summed E-state index contributed by atoms with van der Waals surface area (Å²) < 4.78 is 0. The van der Waals surface area contributed by atoms with Gasteiger partial charge >= 0.3 is 0 Å². The molecule has 80 valence electrons. The number of nitrogens with zero attached hydrogens (tertiary/aromatic N) is 1. The van der Waals surface area contributed by atoms with Gasteiger partial charge in [-0.2, -0.15) is 11.8 Å². The van der Waals surface area contributed by atoms with Crippen LogP contribution >= 0.6 is 11.8 Å². The smallest absolute Gasteiger partial charge is 0.265 e. The van der Waals surface area contributed by atoms with Crippen LogP contribution in [0.5, 0.6) is 0 Å². The Morgan fingerprint density at radius 3 is 2.53 bits per heavy atom. The zero-order chi connectivity index (χ0) is 10.5. The molecule has 0 radical (unpaired) electrons. The first kappa shape index (κ1) is 10.5. The molecule has 1 N–H and O–H groups in total. The molecule has 0 unspecified atom stereocenters. The molecule has 2 rings (SSSR count). The van der Waals surface area contributed by atoms with Gasteiger partial charge in [-0.1, -0.05) is 18.2 Å². The van der Waals surface area contributed by atoms with Gasteiger partial charge in [-0.3, -0.25) is 10.2 Å². The lowest BCUT2D eigenvalue weighted by Gasteiger charge is -2.26. The molecule has 1 aliphatic heterocycles. The Morgan fingerprint density at radius 2 is 1.87 bits per heavy atom. The van der Waals surface area contributed by atoms with Gasteiger partial charge in [0, 0.05) is 30.2 Å². The number of carbonyl (C=O) groups excluding carboxylic acids is 1. The SMILES string of the molecule is O=C(NN1CCSCC1)c1ccccc1. The third-order valence-corrected chi connectivity index (χ3v) is 3.25. The average molecular weight is 222 g/mol. The van der Waals surface area contributed by atoms with Crippen LogP contribution in [0.1, 0.15) is 10.4 Å². The number of carbonyl (C=O) groups is 1. The molecule has 15 heavy (non-hydrogen) atoms. The second-order valence-corrected chi connectivity index (χ2v) is 4.63. The Hall–Kier alpha value is -1.00. The topological polar surface area (TPSA) is 32.3 Å². The molecular formula is C11H14N2OS. The van der Waals surface area contributed by atoms with Gasteiger partial charge in [0.1, 0.15) is 0 Å². The average Bonchev–Trinajstić information content (AvgIpc) is 2.31. The quantitative estimate of drug-likeness (QED) is 0.820. The first-order chi connectivity index (χ1) is 7.36. The van der Waals surface area contributed by atoms with Crippen molar-refractivity contribution in [3.05, 3.63) is 35.9 Å². The third kappa shape index (κ3) is 2.97. The normalized spacial score (nSPS) is 17.3. The van der Waals surface area contributed by atoms with Gasteiger partial charge in [0.05, 0.1) is 0 Å². The molecule has 3 nitrogen and oxygen atoms in total. The maximum Gasteiger partial charge on any atom is 0.265 e. The summed E-state index contributed by atoms with van der Waals surface area (Å²) in [6, 6.07) is 9.32. The zero-order valence-electron chi connectivity index (χ0n) is 8.48. The van der Waals surface area contributed by atoms with Gasteiger partial charge < -0.3 is 0 Å². The molecule has 0 bridgehead atoms. The minimum atomic E-state index is -0.0116. The van der Waals surface area contributed by atoms with E-state index in [4.69, 9.17) is 0 Å². The van der Waals surface area contributed by atoms with Gasteiger partial charge in [0.25, 0.3) is 5.91 Å². The number of hydrazine groups is 1. The van der Waals surface area contributed by atoms with E-state index in [0.29, 0.717) is 0 Å². The molecule has 1 aliphatic rings. The fraction of sp³-hybridized carbons (Fsp3) is 0.364. The fourth-order valence-electron chi connectivity index (χ4n) is 1.47. The molecule has 1 aromatic carbocycles. The summed E-state index contributed by atoms with van der Waals surface area (Å²) in [5.41, 5.74) is 3.63. The van der Waals surface area contributed by atoms with Crippen molar-refractivity contribution in [1.29, 1.82) is 0 Å². The Labute approximate surface area is 93.8 Å². The van der Waals surface area contributed by atoms with Crippen molar-refractivity contribution in [2.24, 2.45) is 0 Å². The van der Waals surface area contributed by atoms with E-state index in [9.17, 15) is 4.79 Å². The van der Waals surface area contributed by atoms with E-state index < -0.39 is 0 Å². The predicted molar refractivity (Wildman–Crippen MR) is 62.8 cm³/mol. The van der Waals surface area contributed by atoms with Crippen LogP contribution in [-0.2, 0) is 0 Å². The summed E-state index contributed by atoms with van der Waals surface area (Å²) >= 11 is 1.93. The molecule has 1 saturated heterocycles. The number of benzene rings is 1. The highest BCUT2D eigenvalue weighted by Gasteiger charge is 2.13. The summed E-state index contributed by atoms with van der Waals surface area (Å²) in [5.74, 6) is 2.17. The number of hydrogen-bond acceptors (Lipinski definition) is 3. The lowest BCUT2D eigenvalue weighted by molar-refractivity contribution is 0.0805. The first-order valence-electron chi connectivity index (χ1n) is 5.05.